The smallest absolute Gasteiger partial charge is 0.253 e. The molecule has 2 aliphatic rings. The van der Waals surface area contributed by atoms with Crippen molar-refractivity contribution in [2.45, 2.75) is 57.9 Å². The number of piperidine rings is 1. The molecule has 1 N–H and O–H groups in total. The highest BCUT2D eigenvalue weighted by Crippen LogP contribution is 2.29. The third kappa shape index (κ3) is 5.59. The Morgan fingerprint density at radius 2 is 1.49 bits per heavy atom. The highest BCUT2D eigenvalue weighted by molar-refractivity contribution is 7.89. The van der Waals surface area contributed by atoms with Crippen LogP contribution in [0.25, 0.3) is 0 Å². The van der Waals surface area contributed by atoms with Crippen LogP contribution in [-0.2, 0) is 21.4 Å². The van der Waals surface area contributed by atoms with E-state index < -0.39 is 10.0 Å². The van der Waals surface area contributed by atoms with Gasteiger partial charge in [-0.25, -0.2) is 8.42 Å². The van der Waals surface area contributed by atoms with Crippen molar-refractivity contribution in [3.8, 4) is 0 Å². The number of sulfonamides is 1. The van der Waals surface area contributed by atoms with Gasteiger partial charge in [0.15, 0.2) is 0 Å². The number of nitrogens with one attached hydrogen (secondary N) is 1. The van der Waals surface area contributed by atoms with Crippen LogP contribution in [-0.4, -0.2) is 55.6 Å². The summed E-state index contributed by atoms with van der Waals surface area (Å²) in [5.41, 5.74) is 4.17. The lowest BCUT2D eigenvalue weighted by Gasteiger charge is -2.31. The lowest BCUT2D eigenvalue weighted by Crippen LogP contribution is -2.43. The van der Waals surface area contributed by atoms with Crippen LogP contribution in [0.15, 0.2) is 41.3 Å². The molecule has 0 aromatic heterocycles. The molecule has 0 bridgehead atoms. The van der Waals surface area contributed by atoms with Crippen molar-refractivity contribution in [3.63, 3.8) is 0 Å². The fourth-order valence-electron chi connectivity index (χ4n) is 5.26. The Kier molecular flexibility index (Phi) is 7.62. The first kappa shape index (κ1) is 25.4. The van der Waals surface area contributed by atoms with Crippen LogP contribution in [0.5, 0.6) is 0 Å². The number of hydrogen-bond acceptors (Lipinski definition) is 4. The molecule has 35 heavy (non-hydrogen) atoms. The van der Waals surface area contributed by atoms with Crippen LogP contribution in [0.4, 0.5) is 0 Å². The van der Waals surface area contributed by atoms with Crippen LogP contribution in [0, 0.1) is 26.7 Å². The number of aryl methyl sites for hydroxylation is 3. The van der Waals surface area contributed by atoms with E-state index in [-0.39, 0.29) is 17.7 Å². The van der Waals surface area contributed by atoms with E-state index in [0.29, 0.717) is 42.9 Å². The second kappa shape index (κ2) is 10.5. The lowest BCUT2D eigenvalue weighted by molar-refractivity contribution is -0.126. The van der Waals surface area contributed by atoms with Crippen molar-refractivity contribution in [1.29, 1.82) is 0 Å². The van der Waals surface area contributed by atoms with E-state index in [1.807, 2.05) is 62.1 Å². The largest absolute Gasteiger partial charge is 0.352 e. The average molecular weight is 498 g/mol. The summed E-state index contributed by atoms with van der Waals surface area (Å²) in [7, 11) is -3.59. The molecule has 0 unspecified atom stereocenters. The molecule has 0 atom stereocenters. The van der Waals surface area contributed by atoms with Crippen LogP contribution < -0.4 is 5.32 Å². The average Bonchev–Trinajstić information content (AvgIpc) is 3.37. The topological polar surface area (TPSA) is 86.8 Å². The lowest BCUT2D eigenvalue weighted by atomic mass is 9.97. The zero-order chi connectivity index (χ0) is 25.2. The maximum atomic E-state index is 13.3. The summed E-state index contributed by atoms with van der Waals surface area (Å²) >= 11 is 0. The van der Waals surface area contributed by atoms with Gasteiger partial charge in [-0.3, -0.25) is 9.59 Å². The summed E-state index contributed by atoms with van der Waals surface area (Å²) < 4.78 is 28.1. The predicted octanol–water partition coefficient (Wildman–Crippen LogP) is 3.56. The molecule has 4 rings (SSSR count). The van der Waals surface area contributed by atoms with Crippen molar-refractivity contribution in [1.82, 2.24) is 14.5 Å². The predicted molar refractivity (Wildman–Crippen MR) is 136 cm³/mol. The fourth-order valence-corrected chi connectivity index (χ4v) is 7.14. The van der Waals surface area contributed by atoms with Crippen LogP contribution in [0.1, 0.15) is 58.3 Å². The number of carbonyl (C=O) groups excluding carboxylic acids is 2. The fraction of sp³-hybridized carbons (Fsp3) is 0.481. The van der Waals surface area contributed by atoms with Gasteiger partial charge < -0.3 is 10.2 Å². The Labute approximate surface area is 208 Å². The van der Waals surface area contributed by atoms with E-state index in [0.717, 1.165) is 48.2 Å². The van der Waals surface area contributed by atoms with E-state index in [2.05, 4.69) is 5.32 Å². The number of hydrogen-bond donors (Lipinski definition) is 1. The van der Waals surface area contributed by atoms with Crippen molar-refractivity contribution in [2.75, 3.05) is 26.2 Å². The minimum atomic E-state index is -3.59. The molecule has 2 amide bonds. The first-order chi connectivity index (χ1) is 16.7. The second-order valence-corrected chi connectivity index (χ2v) is 11.7. The molecule has 2 fully saturated rings. The van der Waals surface area contributed by atoms with E-state index in [9.17, 15) is 18.0 Å². The quantitative estimate of drug-likeness (QED) is 0.661. The minimum absolute atomic E-state index is 0.0537. The van der Waals surface area contributed by atoms with E-state index >= 15 is 0 Å². The molecule has 0 saturated carbocycles. The minimum Gasteiger partial charge on any atom is -0.352 e. The maximum Gasteiger partial charge on any atom is 0.253 e. The van der Waals surface area contributed by atoms with Gasteiger partial charge in [-0.05, 0) is 75.3 Å². The molecule has 2 aromatic rings. The first-order valence-electron chi connectivity index (χ1n) is 12.4. The Hall–Kier alpha value is -2.71. The molecule has 0 radical (unpaired) electrons. The summed E-state index contributed by atoms with van der Waals surface area (Å²) in [5, 5.41) is 2.98. The van der Waals surface area contributed by atoms with Gasteiger partial charge >= 0.3 is 0 Å². The Morgan fingerprint density at radius 3 is 2.06 bits per heavy atom. The molecule has 0 spiro atoms. The Morgan fingerprint density at radius 1 is 0.914 bits per heavy atom. The third-order valence-corrected chi connectivity index (χ3v) is 9.29. The van der Waals surface area contributed by atoms with Crippen LogP contribution in [0.2, 0.25) is 0 Å². The molecule has 7 nitrogen and oxygen atoms in total. The molecular formula is C27H35N3O4S. The van der Waals surface area contributed by atoms with Crippen LogP contribution in [0.3, 0.4) is 0 Å². The first-order valence-corrected chi connectivity index (χ1v) is 13.8. The zero-order valence-corrected chi connectivity index (χ0v) is 21.7. The van der Waals surface area contributed by atoms with Gasteiger partial charge in [0.1, 0.15) is 0 Å². The number of amides is 2. The highest BCUT2D eigenvalue weighted by Gasteiger charge is 2.33. The summed E-state index contributed by atoms with van der Waals surface area (Å²) in [4.78, 5) is 27.5. The van der Waals surface area contributed by atoms with Gasteiger partial charge in [-0.1, -0.05) is 29.8 Å². The Bertz CT molecular complexity index is 1170. The molecule has 8 heteroatoms. The number of benzene rings is 2. The van der Waals surface area contributed by atoms with Gasteiger partial charge in [-0.15, -0.1) is 0 Å². The molecule has 0 aliphatic carbocycles. The van der Waals surface area contributed by atoms with Crippen molar-refractivity contribution >= 4 is 21.8 Å². The molecule has 2 aromatic carbocycles. The number of rotatable bonds is 6. The van der Waals surface area contributed by atoms with Gasteiger partial charge in [0.05, 0.1) is 4.90 Å². The summed E-state index contributed by atoms with van der Waals surface area (Å²) in [6, 6.07) is 11.2. The number of likely N-dealkylation sites (tertiary alicyclic amines) is 1. The van der Waals surface area contributed by atoms with E-state index in [4.69, 9.17) is 0 Å². The van der Waals surface area contributed by atoms with Crippen molar-refractivity contribution in [2.24, 2.45) is 5.92 Å². The number of nitrogens with zero attached hydrogens (tertiary/aromatic N) is 2. The molecule has 2 heterocycles. The molecular weight excluding hydrogens is 462 g/mol. The summed E-state index contributed by atoms with van der Waals surface area (Å²) in [6.07, 6.45) is 3.12. The summed E-state index contributed by atoms with van der Waals surface area (Å²) in [5.74, 6) is -0.199. The number of carbonyl (C=O) groups is 2. The molecule has 2 saturated heterocycles. The van der Waals surface area contributed by atoms with Gasteiger partial charge in [0.2, 0.25) is 15.9 Å². The summed E-state index contributed by atoms with van der Waals surface area (Å²) in [6.45, 7) is 8.33. The third-order valence-electron chi connectivity index (χ3n) is 7.09. The maximum absolute atomic E-state index is 13.3. The van der Waals surface area contributed by atoms with Crippen molar-refractivity contribution < 1.29 is 18.0 Å². The Balaban J connectivity index is 1.30. The van der Waals surface area contributed by atoms with E-state index in [1.54, 1.807) is 0 Å². The van der Waals surface area contributed by atoms with Gasteiger partial charge in [0.25, 0.3) is 5.91 Å². The second-order valence-electron chi connectivity index (χ2n) is 9.82. The zero-order valence-electron chi connectivity index (χ0n) is 20.8. The standard InChI is InChI=1S/C27H35N3O4S/c1-19-16-20(2)25(21(3)17-19)35(33,34)30-14-10-23(11-15-30)26(31)28-18-22-6-8-24(9-7-22)27(32)29-12-4-5-13-29/h6-9,16-17,23H,4-5,10-15,18H2,1-3H3,(H,28,31). The molecule has 2 aliphatic heterocycles. The monoisotopic (exact) mass is 497 g/mol. The highest BCUT2D eigenvalue weighted by atomic mass is 32.2. The van der Waals surface area contributed by atoms with Gasteiger partial charge in [-0.2, -0.15) is 4.31 Å². The van der Waals surface area contributed by atoms with E-state index in [1.165, 1.54) is 4.31 Å². The van der Waals surface area contributed by atoms with Gasteiger partial charge in [0, 0.05) is 44.2 Å². The SMILES string of the molecule is Cc1cc(C)c(S(=O)(=O)N2CCC(C(=O)NCc3ccc(C(=O)N4CCCC4)cc3)CC2)c(C)c1. The normalized spacial score (nSPS) is 17.5. The van der Waals surface area contributed by atoms with Crippen molar-refractivity contribution in [3.05, 3.63) is 64.2 Å². The van der Waals surface area contributed by atoms with Crippen LogP contribution >= 0.6 is 0 Å². The molecule has 188 valence electrons.